The van der Waals surface area contributed by atoms with Gasteiger partial charge in [0.05, 0.1) is 18.5 Å². The number of rotatable bonds is 6. The predicted octanol–water partition coefficient (Wildman–Crippen LogP) is 1.12. The van der Waals surface area contributed by atoms with Gasteiger partial charge in [0.1, 0.15) is 5.56 Å². The second kappa shape index (κ2) is 7.04. The van der Waals surface area contributed by atoms with Gasteiger partial charge in [0.25, 0.3) is 0 Å². The molecule has 1 saturated heterocycles. The van der Waals surface area contributed by atoms with Crippen LogP contribution >= 0.6 is 0 Å². The second-order valence-electron chi connectivity index (χ2n) is 5.88. The number of aromatic nitrogens is 2. The van der Waals surface area contributed by atoms with Crippen molar-refractivity contribution in [3.63, 3.8) is 0 Å². The fourth-order valence-corrected chi connectivity index (χ4v) is 2.95. The van der Waals surface area contributed by atoms with Crippen LogP contribution in [0.2, 0.25) is 0 Å². The SMILES string of the molecule is CCOC(=O)c1cnn(C)c1CN1CCCC1CN(C)C. The van der Waals surface area contributed by atoms with Crippen LogP contribution in [0.4, 0.5) is 0 Å². The number of likely N-dealkylation sites (tertiary alicyclic amines) is 1. The molecular formula is C15H26N4O2. The largest absolute Gasteiger partial charge is 0.462 e. The van der Waals surface area contributed by atoms with Crippen LogP contribution in [-0.2, 0) is 18.3 Å². The zero-order valence-electron chi connectivity index (χ0n) is 13.5. The molecule has 6 nitrogen and oxygen atoms in total. The Morgan fingerprint density at radius 3 is 2.95 bits per heavy atom. The smallest absolute Gasteiger partial charge is 0.341 e. The lowest BCUT2D eigenvalue weighted by Gasteiger charge is -2.27. The van der Waals surface area contributed by atoms with E-state index in [1.54, 1.807) is 10.9 Å². The number of hydrogen-bond acceptors (Lipinski definition) is 5. The van der Waals surface area contributed by atoms with Gasteiger partial charge in [-0.2, -0.15) is 5.10 Å². The maximum atomic E-state index is 12.0. The summed E-state index contributed by atoms with van der Waals surface area (Å²) in [5.41, 5.74) is 1.54. The Hall–Kier alpha value is -1.40. The maximum absolute atomic E-state index is 12.0. The number of likely N-dealkylation sites (N-methyl/N-ethyl adjacent to an activating group) is 1. The molecule has 0 aromatic carbocycles. The molecule has 1 aliphatic heterocycles. The van der Waals surface area contributed by atoms with Crippen molar-refractivity contribution in [2.75, 3.05) is 33.8 Å². The third-order valence-electron chi connectivity index (χ3n) is 3.98. The van der Waals surface area contributed by atoms with E-state index < -0.39 is 0 Å². The molecule has 1 aromatic rings. The van der Waals surface area contributed by atoms with Crippen LogP contribution in [0.15, 0.2) is 6.20 Å². The van der Waals surface area contributed by atoms with Crippen LogP contribution < -0.4 is 0 Å². The zero-order chi connectivity index (χ0) is 15.4. The van der Waals surface area contributed by atoms with Crippen LogP contribution in [0.3, 0.4) is 0 Å². The summed E-state index contributed by atoms with van der Waals surface area (Å²) < 4.78 is 6.91. The van der Waals surface area contributed by atoms with E-state index in [2.05, 4.69) is 29.0 Å². The highest BCUT2D eigenvalue weighted by molar-refractivity contribution is 5.90. The number of esters is 1. The molecule has 1 fully saturated rings. The average Bonchev–Trinajstić information content (AvgIpc) is 2.98. The average molecular weight is 294 g/mol. The van der Waals surface area contributed by atoms with Crippen LogP contribution in [0, 0.1) is 0 Å². The Kier molecular flexibility index (Phi) is 5.36. The van der Waals surface area contributed by atoms with Gasteiger partial charge in [-0.05, 0) is 40.4 Å². The monoisotopic (exact) mass is 294 g/mol. The molecule has 0 aliphatic carbocycles. The van der Waals surface area contributed by atoms with Crippen LogP contribution in [0.5, 0.6) is 0 Å². The number of aryl methyl sites for hydroxylation is 1. The van der Waals surface area contributed by atoms with Crippen molar-refractivity contribution in [2.45, 2.75) is 32.4 Å². The lowest BCUT2D eigenvalue weighted by Crippen LogP contribution is -2.37. The molecule has 0 bridgehead atoms. The van der Waals surface area contributed by atoms with Gasteiger partial charge in [0.15, 0.2) is 0 Å². The van der Waals surface area contributed by atoms with Crippen molar-refractivity contribution in [3.8, 4) is 0 Å². The predicted molar refractivity (Wildman–Crippen MR) is 81.2 cm³/mol. The van der Waals surface area contributed by atoms with E-state index in [-0.39, 0.29) is 5.97 Å². The molecule has 1 aromatic heterocycles. The Balaban J connectivity index is 2.11. The molecule has 0 spiro atoms. The van der Waals surface area contributed by atoms with Gasteiger partial charge < -0.3 is 9.64 Å². The first-order valence-corrected chi connectivity index (χ1v) is 7.59. The molecule has 118 valence electrons. The van der Waals surface area contributed by atoms with E-state index in [0.717, 1.165) is 25.3 Å². The van der Waals surface area contributed by atoms with Crippen molar-refractivity contribution < 1.29 is 9.53 Å². The first-order valence-electron chi connectivity index (χ1n) is 7.59. The fraction of sp³-hybridized carbons (Fsp3) is 0.733. The lowest BCUT2D eigenvalue weighted by molar-refractivity contribution is 0.0523. The number of ether oxygens (including phenoxy) is 1. The van der Waals surface area contributed by atoms with Crippen molar-refractivity contribution in [2.24, 2.45) is 7.05 Å². The molecule has 0 radical (unpaired) electrons. The van der Waals surface area contributed by atoms with E-state index in [9.17, 15) is 4.79 Å². The van der Waals surface area contributed by atoms with Gasteiger partial charge >= 0.3 is 5.97 Å². The molecule has 6 heteroatoms. The second-order valence-corrected chi connectivity index (χ2v) is 5.88. The molecule has 0 amide bonds. The third-order valence-corrected chi connectivity index (χ3v) is 3.98. The van der Waals surface area contributed by atoms with Gasteiger partial charge in [-0.15, -0.1) is 0 Å². The summed E-state index contributed by atoms with van der Waals surface area (Å²) in [6.07, 6.45) is 4.04. The summed E-state index contributed by atoms with van der Waals surface area (Å²) in [5.74, 6) is -0.274. The number of hydrogen-bond donors (Lipinski definition) is 0. The normalized spacial score (nSPS) is 19.4. The maximum Gasteiger partial charge on any atom is 0.341 e. The van der Waals surface area contributed by atoms with Crippen molar-refractivity contribution in [1.82, 2.24) is 19.6 Å². The standard InChI is InChI=1S/C15H26N4O2/c1-5-21-15(20)13-9-16-18(4)14(13)11-19-8-6-7-12(19)10-17(2)3/h9,12H,5-8,10-11H2,1-4H3. The van der Waals surface area contributed by atoms with E-state index in [1.165, 1.54) is 12.8 Å². The molecule has 2 heterocycles. The summed E-state index contributed by atoms with van der Waals surface area (Å²) >= 11 is 0. The Labute approximate surface area is 126 Å². The Morgan fingerprint density at radius 2 is 2.29 bits per heavy atom. The molecular weight excluding hydrogens is 268 g/mol. The molecule has 1 atom stereocenters. The number of carbonyl (C=O) groups excluding carboxylic acids is 1. The highest BCUT2D eigenvalue weighted by Crippen LogP contribution is 2.22. The highest BCUT2D eigenvalue weighted by Gasteiger charge is 2.28. The summed E-state index contributed by atoms with van der Waals surface area (Å²) in [7, 11) is 6.09. The Morgan fingerprint density at radius 1 is 1.52 bits per heavy atom. The minimum atomic E-state index is -0.274. The van der Waals surface area contributed by atoms with E-state index in [1.807, 2.05) is 14.0 Å². The molecule has 0 N–H and O–H groups in total. The molecule has 2 rings (SSSR count). The lowest BCUT2D eigenvalue weighted by atomic mass is 10.2. The minimum Gasteiger partial charge on any atom is -0.462 e. The summed E-state index contributed by atoms with van der Waals surface area (Å²) in [6.45, 7) is 5.09. The zero-order valence-corrected chi connectivity index (χ0v) is 13.5. The quantitative estimate of drug-likeness (QED) is 0.736. The van der Waals surface area contributed by atoms with E-state index in [0.29, 0.717) is 18.2 Å². The topological polar surface area (TPSA) is 50.6 Å². The van der Waals surface area contributed by atoms with Gasteiger partial charge in [-0.1, -0.05) is 0 Å². The highest BCUT2D eigenvalue weighted by atomic mass is 16.5. The first-order chi connectivity index (χ1) is 10.0. The van der Waals surface area contributed by atoms with Gasteiger partial charge in [-0.3, -0.25) is 9.58 Å². The molecule has 1 unspecified atom stereocenters. The summed E-state index contributed by atoms with van der Waals surface area (Å²) in [6, 6.07) is 0.546. The molecule has 0 saturated carbocycles. The van der Waals surface area contributed by atoms with Gasteiger partial charge in [0.2, 0.25) is 0 Å². The van der Waals surface area contributed by atoms with Crippen LogP contribution in [-0.4, -0.2) is 65.4 Å². The number of nitrogens with zero attached hydrogens (tertiary/aromatic N) is 4. The number of carbonyl (C=O) groups is 1. The first kappa shape index (κ1) is 16.0. The fourth-order valence-electron chi connectivity index (χ4n) is 2.95. The molecule has 1 aliphatic rings. The Bertz CT molecular complexity index is 484. The minimum absolute atomic E-state index is 0.274. The van der Waals surface area contributed by atoms with Crippen molar-refractivity contribution in [1.29, 1.82) is 0 Å². The molecule has 21 heavy (non-hydrogen) atoms. The summed E-state index contributed by atoms with van der Waals surface area (Å²) in [4.78, 5) is 16.7. The van der Waals surface area contributed by atoms with E-state index >= 15 is 0 Å². The van der Waals surface area contributed by atoms with Crippen LogP contribution in [0.1, 0.15) is 35.8 Å². The van der Waals surface area contributed by atoms with Gasteiger partial charge in [0, 0.05) is 26.2 Å². The summed E-state index contributed by atoms with van der Waals surface area (Å²) in [5, 5.41) is 4.23. The van der Waals surface area contributed by atoms with Crippen LogP contribution in [0.25, 0.3) is 0 Å². The van der Waals surface area contributed by atoms with Crippen molar-refractivity contribution in [3.05, 3.63) is 17.5 Å². The third kappa shape index (κ3) is 3.83. The van der Waals surface area contributed by atoms with E-state index in [4.69, 9.17) is 4.74 Å². The van der Waals surface area contributed by atoms with Gasteiger partial charge in [-0.25, -0.2) is 4.79 Å². The van der Waals surface area contributed by atoms with Crippen molar-refractivity contribution >= 4 is 5.97 Å².